The van der Waals surface area contributed by atoms with Gasteiger partial charge in [-0.2, -0.15) is 0 Å². The topological polar surface area (TPSA) is 32.5 Å². The highest BCUT2D eigenvalue weighted by Crippen LogP contribution is 2.32. The van der Waals surface area contributed by atoms with Crippen LogP contribution in [0.3, 0.4) is 0 Å². The van der Waals surface area contributed by atoms with Crippen LogP contribution in [0.25, 0.3) is 0 Å². The van der Waals surface area contributed by atoms with Gasteiger partial charge in [-0.05, 0) is 50.5 Å². The van der Waals surface area contributed by atoms with E-state index in [1.807, 2.05) is 0 Å². The molecular weight excluding hydrogens is 246 g/mol. The van der Waals surface area contributed by atoms with E-state index in [1.165, 1.54) is 51.9 Å². The van der Waals surface area contributed by atoms with Gasteiger partial charge in [-0.25, -0.2) is 0 Å². The zero-order chi connectivity index (χ0) is 14.5. The molecule has 0 aromatic heterocycles. The van der Waals surface area contributed by atoms with E-state index >= 15 is 0 Å². The number of hydrogen-bond acceptors (Lipinski definition) is 3. The molecule has 1 aliphatic heterocycles. The van der Waals surface area contributed by atoms with Crippen LogP contribution in [-0.4, -0.2) is 54.6 Å². The summed E-state index contributed by atoms with van der Waals surface area (Å²) in [5.41, 5.74) is 5.75. The first-order chi connectivity index (χ1) is 9.63. The van der Waals surface area contributed by atoms with Crippen LogP contribution in [0.15, 0.2) is 0 Å². The monoisotopic (exact) mass is 281 g/mol. The molecule has 0 amide bonds. The van der Waals surface area contributed by atoms with Crippen LogP contribution in [-0.2, 0) is 0 Å². The Kier molecular flexibility index (Phi) is 6.31. The van der Waals surface area contributed by atoms with E-state index in [9.17, 15) is 0 Å². The molecule has 2 fully saturated rings. The second-order valence-electron chi connectivity index (χ2n) is 7.28. The molecule has 1 aliphatic carbocycles. The van der Waals surface area contributed by atoms with Crippen molar-refractivity contribution in [1.82, 2.24) is 9.80 Å². The predicted molar refractivity (Wildman–Crippen MR) is 86.9 cm³/mol. The molecule has 0 bridgehead atoms. The highest BCUT2D eigenvalue weighted by Gasteiger charge is 2.31. The van der Waals surface area contributed by atoms with Crippen molar-refractivity contribution in [3.63, 3.8) is 0 Å². The van der Waals surface area contributed by atoms with Gasteiger partial charge in [0.2, 0.25) is 0 Å². The Labute approximate surface area is 125 Å². The third kappa shape index (κ3) is 4.19. The van der Waals surface area contributed by atoms with Gasteiger partial charge in [0, 0.05) is 38.3 Å². The number of piperazine rings is 1. The molecule has 3 atom stereocenters. The maximum Gasteiger partial charge on any atom is 0.0113 e. The molecule has 1 heterocycles. The van der Waals surface area contributed by atoms with Gasteiger partial charge in [0.15, 0.2) is 0 Å². The number of hydrogen-bond donors (Lipinski definition) is 1. The first-order valence-electron chi connectivity index (χ1n) is 8.82. The normalized spacial score (nSPS) is 35.1. The summed E-state index contributed by atoms with van der Waals surface area (Å²) < 4.78 is 0. The van der Waals surface area contributed by atoms with E-state index in [0.29, 0.717) is 6.04 Å². The van der Waals surface area contributed by atoms with Crippen molar-refractivity contribution < 1.29 is 0 Å². The summed E-state index contributed by atoms with van der Waals surface area (Å²) in [6.07, 6.45) is 6.68. The van der Waals surface area contributed by atoms with Gasteiger partial charge in [-0.3, -0.25) is 9.80 Å². The Morgan fingerprint density at radius 1 is 1.00 bits per heavy atom. The van der Waals surface area contributed by atoms with E-state index in [4.69, 9.17) is 5.73 Å². The highest BCUT2D eigenvalue weighted by molar-refractivity contribution is 4.86. The standard InChI is InChI=1S/C17H35N3/c1-4-16(5-6-18)19-7-9-20(10-8-19)17-12-14(2)11-15(3)13-17/h14-17H,4-13,18H2,1-3H3. The fraction of sp³-hybridized carbons (Fsp3) is 1.00. The minimum absolute atomic E-state index is 0.714. The van der Waals surface area contributed by atoms with Gasteiger partial charge in [0.25, 0.3) is 0 Å². The lowest BCUT2D eigenvalue weighted by Gasteiger charge is -2.45. The van der Waals surface area contributed by atoms with E-state index in [-0.39, 0.29) is 0 Å². The summed E-state index contributed by atoms with van der Waals surface area (Å²) in [6, 6.07) is 1.57. The molecule has 3 heteroatoms. The van der Waals surface area contributed by atoms with Gasteiger partial charge >= 0.3 is 0 Å². The third-order valence-corrected chi connectivity index (χ3v) is 5.51. The zero-order valence-corrected chi connectivity index (χ0v) is 13.9. The van der Waals surface area contributed by atoms with Gasteiger partial charge < -0.3 is 5.73 Å². The van der Waals surface area contributed by atoms with Crippen molar-refractivity contribution in [1.29, 1.82) is 0 Å². The molecule has 0 aromatic rings. The van der Waals surface area contributed by atoms with Crippen LogP contribution in [0.4, 0.5) is 0 Å². The van der Waals surface area contributed by atoms with Crippen LogP contribution < -0.4 is 5.73 Å². The lowest BCUT2D eigenvalue weighted by atomic mass is 9.79. The lowest BCUT2D eigenvalue weighted by Crippen LogP contribution is -2.54. The second kappa shape index (κ2) is 7.77. The molecule has 3 nitrogen and oxygen atoms in total. The van der Waals surface area contributed by atoms with Crippen molar-refractivity contribution in [2.45, 2.75) is 65.0 Å². The number of rotatable bonds is 5. The van der Waals surface area contributed by atoms with E-state index < -0.39 is 0 Å². The highest BCUT2D eigenvalue weighted by atomic mass is 15.3. The quantitative estimate of drug-likeness (QED) is 0.840. The molecular formula is C17H35N3. The van der Waals surface area contributed by atoms with E-state index in [1.54, 1.807) is 0 Å². The van der Waals surface area contributed by atoms with Crippen molar-refractivity contribution in [3.05, 3.63) is 0 Å². The first kappa shape index (κ1) is 16.3. The summed E-state index contributed by atoms with van der Waals surface area (Å²) >= 11 is 0. The molecule has 3 unspecified atom stereocenters. The summed E-state index contributed by atoms with van der Waals surface area (Å²) in [5.74, 6) is 1.84. The van der Waals surface area contributed by atoms with Crippen molar-refractivity contribution in [2.75, 3.05) is 32.7 Å². The average Bonchev–Trinajstić information content (AvgIpc) is 2.44. The molecule has 0 aromatic carbocycles. The maximum atomic E-state index is 5.75. The Bertz CT molecular complexity index is 263. The Morgan fingerprint density at radius 2 is 1.60 bits per heavy atom. The number of nitrogens with zero attached hydrogens (tertiary/aromatic N) is 2. The van der Waals surface area contributed by atoms with Crippen molar-refractivity contribution >= 4 is 0 Å². The molecule has 2 rings (SSSR count). The lowest BCUT2D eigenvalue weighted by molar-refractivity contribution is 0.0375. The van der Waals surface area contributed by atoms with Crippen LogP contribution in [0.5, 0.6) is 0 Å². The molecule has 0 radical (unpaired) electrons. The largest absolute Gasteiger partial charge is 0.330 e. The van der Waals surface area contributed by atoms with Crippen molar-refractivity contribution in [2.24, 2.45) is 17.6 Å². The molecule has 1 saturated heterocycles. The van der Waals surface area contributed by atoms with Gasteiger partial charge in [0.05, 0.1) is 0 Å². The SMILES string of the molecule is CCC(CCN)N1CCN(C2CC(C)CC(C)C2)CC1. The van der Waals surface area contributed by atoms with E-state index in [2.05, 4.69) is 30.6 Å². The number of nitrogens with two attached hydrogens (primary N) is 1. The fourth-order valence-electron chi connectivity index (χ4n) is 4.51. The zero-order valence-electron chi connectivity index (χ0n) is 13.9. The minimum Gasteiger partial charge on any atom is -0.330 e. The van der Waals surface area contributed by atoms with Gasteiger partial charge in [-0.15, -0.1) is 0 Å². The molecule has 20 heavy (non-hydrogen) atoms. The first-order valence-corrected chi connectivity index (χ1v) is 8.82. The smallest absolute Gasteiger partial charge is 0.0113 e. The Hall–Kier alpha value is -0.120. The molecule has 0 spiro atoms. The second-order valence-corrected chi connectivity index (χ2v) is 7.28. The Morgan fingerprint density at radius 3 is 2.10 bits per heavy atom. The van der Waals surface area contributed by atoms with Crippen LogP contribution in [0.2, 0.25) is 0 Å². The average molecular weight is 281 g/mol. The summed E-state index contributed by atoms with van der Waals surface area (Å²) in [4.78, 5) is 5.46. The van der Waals surface area contributed by atoms with Gasteiger partial charge in [-0.1, -0.05) is 20.8 Å². The van der Waals surface area contributed by atoms with Crippen LogP contribution in [0.1, 0.15) is 52.9 Å². The molecule has 2 aliphatic rings. The minimum atomic E-state index is 0.714. The summed E-state index contributed by atoms with van der Waals surface area (Å²) in [6.45, 7) is 13.0. The Balaban J connectivity index is 1.81. The fourth-order valence-corrected chi connectivity index (χ4v) is 4.51. The molecule has 118 valence electrons. The maximum absolute atomic E-state index is 5.75. The third-order valence-electron chi connectivity index (χ3n) is 5.51. The van der Waals surface area contributed by atoms with E-state index in [0.717, 1.165) is 30.8 Å². The van der Waals surface area contributed by atoms with Gasteiger partial charge in [0.1, 0.15) is 0 Å². The van der Waals surface area contributed by atoms with Crippen LogP contribution in [0, 0.1) is 11.8 Å². The van der Waals surface area contributed by atoms with Crippen molar-refractivity contribution in [3.8, 4) is 0 Å². The summed E-state index contributed by atoms with van der Waals surface area (Å²) in [7, 11) is 0. The van der Waals surface area contributed by atoms with Crippen LogP contribution >= 0.6 is 0 Å². The summed E-state index contributed by atoms with van der Waals surface area (Å²) in [5, 5.41) is 0. The molecule has 1 saturated carbocycles. The predicted octanol–water partition coefficient (Wildman–Crippen LogP) is 2.56. The molecule has 2 N–H and O–H groups in total.